The molecule has 20 rings (SSSR count). The molecule has 14 aromatic carbocycles. The second-order valence-corrected chi connectivity index (χ2v) is 24.3. The molecule has 0 N–H and O–H groups in total. The molecule has 0 unspecified atom stereocenters. The smallest absolute Gasteiger partial charge is 0.0725 e. The molecular weight excluding hydrogens is 1080 g/mol. The summed E-state index contributed by atoms with van der Waals surface area (Å²) in [6, 6.07) is 119. The Kier molecular flexibility index (Phi) is 9.90. The van der Waals surface area contributed by atoms with Crippen molar-refractivity contribution in [2.75, 3.05) is 0 Å². The van der Waals surface area contributed by atoms with E-state index in [0.29, 0.717) is 0 Å². The molecule has 412 valence electrons. The Morgan fingerprint density at radius 2 is 0.393 bits per heavy atom. The first-order valence-corrected chi connectivity index (χ1v) is 30.9. The lowest BCUT2D eigenvalue weighted by molar-refractivity contribution is 0.794. The highest BCUT2D eigenvalue weighted by Gasteiger charge is 2.52. The van der Waals surface area contributed by atoms with Crippen LogP contribution < -0.4 is 0 Å². The van der Waals surface area contributed by atoms with Crippen LogP contribution in [-0.2, 0) is 5.41 Å². The van der Waals surface area contributed by atoms with Crippen LogP contribution in [0.1, 0.15) is 22.3 Å². The molecular formula is C85H52N4. The summed E-state index contributed by atoms with van der Waals surface area (Å²) in [7, 11) is 0. The largest absolute Gasteiger partial charge is 0.309 e. The summed E-state index contributed by atoms with van der Waals surface area (Å²) in [5, 5.41) is 9.91. The van der Waals surface area contributed by atoms with Crippen molar-refractivity contribution < 1.29 is 0 Å². The molecule has 4 nitrogen and oxygen atoms in total. The first-order valence-electron chi connectivity index (χ1n) is 30.9. The Balaban J connectivity index is 0.842. The maximum absolute atomic E-state index is 2.55. The number of para-hydroxylation sites is 8. The molecule has 0 aliphatic heterocycles. The predicted molar refractivity (Wildman–Crippen MR) is 371 cm³/mol. The number of aromatic nitrogens is 4. The van der Waals surface area contributed by atoms with Crippen molar-refractivity contribution in [3.8, 4) is 67.3 Å². The topological polar surface area (TPSA) is 19.7 Å². The van der Waals surface area contributed by atoms with Crippen molar-refractivity contribution in [1.82, 2.24) is 18.3 Å². The molecule has 2 aliphatic carbocycles. The second kappa shape index (κ2) is 18.2. The van der Waals surface area contributed by atoms with Crippen molar-refractivity contribution >= 4 is 87.2 Å². The number of fused-ring (bicyclic) bond motifs is 22. The van der Waals surface area contributed by atoms with E-state index in [1.54, 1.807) is 0 Å². The van der Waals surface area contributed by atoms with E-state index in [0.717, 1.165) is 45.0 Å². The zero-order chi connectivity index (χ0) is 58.1. The fourth-order valence-corrected chi connectivity index (χ4v) is 16.3. The Bertz CT molecular complexity index is 5230. The molecule has 4 heterocycles. The van der Waals surface area contributed by atoms with Gasteiger partial charge in [-0.25, -0.2) is 0 Å². The minimum Gasteiger partial charge on any atom is -0.309 e. The van der Waals surface area contributed by atoms with E-state index in [1.165, 1.54) is 132 Å². The van der Waals surface area contributed by atoms with Crippen LogP contribution in [-0.4, -0.2) is 18.3 Å². The molecule has 4 aromatic heterocycles. The van der Waals surface area contributed by atoms with Crippen LogP contribution in [0.3, 0.4) is 0 Å². The molecule has 89 heavy (non-hydrogen) atoms. The summed E-state index contributed by atoms with van der Waals surface area (Å²) < 4.78 is 9.91. The van der Waals surface area contributed by atoms with Gasteiger partial charge in [0.05, 0.1) is 49.5 Å². The Morgan fingerprint density at radius 3 is 0.663 bits per heavy atom. The van der Waals surface area contributed by atoms with E-state index in [9.17, 15) is 0 Å². The van der Waals surface area contributed by atoms with Gasteiger partial charge in [-0.1, -0.05) is 218 Å². The molecule has 0 fully saturated rings. The molecule has 0 saturated heterocycles. The van der Waals surface area contributed by atoms with Gasteiger partial charge in [0.2, 0.25) is 0 Å². The Morgan fingerprint density at radius 1 is 0.169 bits per heavy atom. The van der Waals surface area contributed by atoms with Gasteiger partial charge < -0.3 is 18.3 Å². The molecule has 4 heteroatoms. The van der Waals surface area contributed by atoms with E-state index in [-0.39, 0.29) is 0 Å². The maximum atomic E-state index is 2.55. The first kappa shape index (κ1) is 48.5. The molecule has 2 aliphatic rings. The average Bonchev–Trinajstić information content (AvgIpc) is 1.53. The second-order valence-electron chi connectivity index (χ2n) is 24.3. The summed E-state index contributed by atoms with van der Waals surface area (Å²) in [4.78, 5) is 0. The summed E-state index contributed by atoms with van der Waals surface area (Å²) in [6.07, 6.45) is 0. The van der Waals surface area contributed by atoms with Crippen LogP contribution in [0, 0.1) is 0 Å². The normalized spacial score (nSPS) is 13.0. The van der Waals surface area contributed by atoms with Gasteiger partial charge in [-0.05, 0) is 164 Å². The Labute approximate surface area is 512 Å². The molecule has 0 saturated carbocycles. The van der Waals surface area contributed by atoms with Gasteiger partial charge in [-0.15, -0.1) is 0 Å². The van der Waals surface area contributed by atoms with E-state index in [1.807, 2.05) is 0 Å². The van der Waals surface area contributed by atoms with E-state index in [2.05, 4.69) is 334 Å². The summed E-state index contributed by atoms with van der Waals surface area (Å²) >= 11 is 0. The summed E-state index contributed by atoms with van der Waals surface area (Å²) in [6.45, 7) is 0. The van der Waals surface area contributed by atoms with Gasteiger partial charge in [0.25, 0.3) is 0 Å². The third-order valence-electron chi connectivity index (χ3n) is 19.9. The van der Waals surface area contributed by atoms with Crippen LogP contribution in [0.5, 0.6) is 0 Å². The van der Waals surface area contributed by atoms with E-state index in [4.69, 9.17) is 0 Å². The van der Waals surface area contributed by atoms with Gasteiger partial charge in [-0.2, -0.15) is 0 Å². The highest BCUT2D eigenvalue weighted by Crippen LogP contribution is 2.64. The highest BCUT2D eigenvalue weighted by atomic mass is 15.0. The van der Waals surface area contributed by atoms with E-state index >= 15 is 0 Å². The summed E-state index contributed by atoms with van der Waals surface area (Å²) in [5.41, 5.74) is 28.2. The fraction of sp³-hybridized carbons (Fsp3) is 0.0118. The molecule has 0 bridgehead atoms. The standard InChI is InChI=1S/C85H52N4/c1-11-31-73-61(21-1)63-43-41-53(55-45-57(86-77-33-13-3-23-65(77)66-24-4-14-34-78(66)86)51-58(46-55)87-79-35-15-5-25-67(79)68-26-6-16-36-80(68)87)49-75(63)85(73)74-32-12-2-22-62(74)64-44-42-54(50-76(64)85)56-47-59(88-81-37-17-7-27-69(81)70-28-8-18-38-82(70)88)52-60(48-56)89-83-39-19-9-29-71(83)72-30-10-20-40-84(72)89/h1-52H. The lowest BCUT2D eigenvalue weighted by atomic mass is 9.70. The summed E-state index contributed by atoms with van der Waals surface area (Å²) in [5.74, 6) is 0. The van der Waals surface area contributed by atoms with Crippen molar-refractivity contribution in [1.29, 1.82) is 0 Å². The van der Waals surface area contributed by atoms with Crippen LogP contribution in [0.4, 0.5) is 0 Å². The van der Waals surface area contributed by atoms with Gasteiger partial charge in [-0.3, -0.25) is 0 Å². The number of nitrogens with zero attached hydrogens (tertiary/aromatic N) is 4. The highest BCUT2D eigenvalue weighted by molar-refractivity contribution is 6.13. The number of hydrogen-bond donors (Lipinski definition) is 0. The monoisotopic (exact) mass is 1130 g/mol. The number of rotatable bonds is 6. The minimum absolute atomic E-state index is 0.635. The maximum Gasteiger partial charge on any atom is 0.0725 e. The van der Waals surface area contributed by atoms with Gasteiger partial charge in [0.15, 0.2) is 0 Å². The third kappa shape index (κ3) is 6.61. The molecule has 0 radical (unpaired) electrons. The van der Waals surface area contributed by atoms with Crippen molar-refractivity contribution in [3.05, 3.63) is 338 Å². The van der Waals surface area contributed by atoms with Gasteiger partial charge in [0.1, 0.15) is 0 Å². The van der Waals surface area contributed by atoms with Gasteiger partial charge in [0, 0.05) is 65.8 Å². The van der Waals surface area contributed by atoms with Crippen molar-refractivity contribution in [2.45, 2.75) is 5.41 Å². The fourth-order valence-electron chi connectivity index (χ4n) is 16.3. The van der Waals surface area contributed by atoms with E-state index < -0.39 is 5.41 Å². The van der Waals surface area contributed by atoms with Crippen molar-refractivity contribution in [3.63, 3.8) is 0 Å². The van der Waals surface area contributed by atoms with Crippen LogP contribution in [0.25, 0.3) is 154 Å². The van der Waals surface area contributed by atoms with Crippen molar-refractivity contribution in [2.24, 2.45) is 0 Å². The lowest BCUT2D eigenvalue weighted by Crippen LogP contribution is -2.26. The zero-order valence-corrected chi connectivity index (χ0v) is 48.3. The van der Waals surface area contributed by atoms with Crippen LogP contribution in [0.15, 0.2) is 315 Å². The first-order chi connectivity index (χ1) is 44.2. The molecule has 0 atom stereocenters. The number of benzene rings is 14. The third-order valence-corrected chi connectivity index (χ3v) is 19.9. The Hall–Kier alpha value is -11.7. The predicted octanol–water partition coefficient (Wildman–Crippen LogP) is 21.8. The lowest BCUT2D eigenvalue weighted by Gasteiger charge is -2.31. The minimum atomic E-state index is -0.635. The molecule has 0 amide bonds. The van der Waals surface area contributed by atoms with Crippen LogP contribution in [0.2, 0.25) is 0 Å². The average molecular weight is 1130 g/mol. The number of hydrogen-bond acceptors (Lipinski definition) is 0. The SMILES string of the molecule is c1ccc2c(c1)-c1ccc(-c3cc(-n4c5ccccc5c5ccccc54)cc(-n4c5ccccc5c5ccccc54)c3)cc1C21c2ccccc2-c2ccc(-c3cc(-n4c5ccccc5c5ccccc54)cc(-n4c5ccccc5c5ccccc54)c3)cc21. The molecule has 1 spiro atoms. The van der Waals surface area contributed by atoms with Gasteiger partial charge >= 0.3 is 0 Å². The van der Waals surface area contributed by atoms with Crippen LogP contribution >= 0.6 is 0 Å². The zero-order valence-electron chi connectivity index (χ0n) is 48.3. The molecule has 18 aromatic rings. The quantitative estimate of drug-likeness (QED) is 0.158.